The van der Waals surface area contributed by atoms with Gasteiger partial charge in [-0.2, -0.15) is 0 Å². The van der Waals surface area contributed by atoms with Crippen molar-refractivity contribution in [1.29, 1.82) is 0 Å². The monoisotopic (exact) mass is 262 g/mol. The van der Waals surface area contributed by atoms with E-state index in [1.807, 2.05) is 6.07 Å². The second kappa shape index (κ2) is 5.80. The van der Waals surface area contributed by atoms with E-state index in [9.17, 15) is 0 Å². The van der Waals surface area contributed by atoms with Crippen molar-refractivity contribution in [2.75, 3.05) is 31.2 Å². The van der Waals surface area contributed by atoms with Crippen LogP contribution in [-0.4, -0.2) is 38.4 Å². The summed E-state index contributed by atoms with van der Waals surface area (Å²) in [5, 5.41) is 0. The molecule has 1 aromatic carbocycles. The molecule has 4 heteroatoms. The fourth-order valence-corrected chi connectivity index (χ4v) is 2.80. The van der Waals surface area contributed by atoms with Gasteiger partial charge in [-0.1, -0.05) is 6.07 Å². The molecule has 2 aliphatic rings. The van der Waals surface area contributed by atoms with Crippen LogP contribution in [-0.2, 0) is 4.74 Å². The van der Waals surface area contributed by atoms with Crippen molar-refractivity contribution in [3.63, 3.8) is 0 Å². The molecule has 0 aliphatic carbocycles. The van der Waals surface area contributed by atoms with Crippen LogP contribution in [0.4, 0.5) is 5.69 Å². The minimum Gasteiger partial charge on any atom is -0.488 e. The van der Waals surface area contributed by atoms with Gasteiger partial charge in [0.15, 0.2) is 0 Å². The molecule has 2 fully saturated rings. The maximum atomic E-state index is 6.04. The Balaban J connectivity index is 1.68. The molecule has 0 saturated carbocycles. The average Bonchev–Trinajstić information content (AvgIpc) is 2.92. The van der Waals surface area contributed by atoms with E-state index in [2.05, 4.69) is 23.1 Å². The van der Waals surface area contributed by atoms with Gasteiger partial charge in [-0.3, -0.25) is 0 Å². The lowest BCUT2D eigenvalue weighted by atomic mass is 10.1. The Morgan fingerprint density at radius 2 is 2.26 bits per heavy atom. The molecule has 0 radical (unpaired) electrons. The maximum absolute atomic E-state index is 6.04. The van der Waals surface area contributed by atoms with Crippen molar-refractivity contribution in [2.24, 2.45) is 5.73 Å². The zero-order chi connectivity index (χ0) is 13.1. The minimum absolute atomic E-state index is 0.207. The Labute approximate surface area is 114 Å². The summed E-state index contributed by atoms with van der Waals surface area (Å²) < 4.78 is 11.3. The molecule has 2 saturated heterocycles. The standard InChI is InChI=1S/C15H22N2O2/c16-12-3-2-7-17(10-12)13-4-1-5-14(9-13)19-15-6-8-18-11-15/h1,4-5,9,12,15H,2-3,6-8,10-11,16H2. The van der Waals surface area contributed by atoms with Crippen molar-refractivity contribution in [2.45, 2.75) is 31.4 Å². The van der Waals surface area contributed by atoms with Crippen LogP contribution in [0.1, 0.15) is 19.3 Å². The molecule has 4 nitrogen and oxygen atoms in total. The summed E-state index contributed by atoms with van der Waals surface area (Å²) in [7, 11) is 0. The van der Waals surface area contributed by atoms with Crippen LogP contribution in [0.5, 0.6) is 5.75 Å². The third-order valence-corrected chi connectivity index (χ3v) is 3.83. The molecule has 19 heavy (non-hydrogen) atoms. The van der Waals surface area contributed by atoms with E-state index in [1.165, 1.54) is 12.1 Å². The number of rotatable bonds is 3. The van der Waals surface area contributed by atoms with Gasteiger partial charge < -0.3 is 20.1 Å². The molecule has 0 aromatic heterocycles. The number of hydrogen-bond acceptors (Lipinski definition) is 4. The molecule has 2 aliphatic heterocycles. The van der Waals surface area contributed by atoms with Crippen LogP contribution in [0.2, 0.25) is 0 Å². The van der Waals surface area contributed by atoms with Crippen molar-refractivity contribution >= 4 is 5.69 Å². The Hall–Kier alpha value is -1.26. The molecule has 2 heterocycles. The normalized spacial score (nSPS) is 27.5. The molecule has 2 atom stereocenters. The Morgan fingerprint density at radius 1 is 1.32 bits per heavy atom. The van der Waals surface area contributed by atoms with Crippen LogP contribution < -0.4 is 15.4 Å². The van der Waals surface area contributed by atoms with E-state index in [-0.39, 0.29) is 6.10 Å². The van der Waals surface area contributed by atoms with E-state index in [0.29, 0.717) is 12.6 Å². The highest BCUT2D eigenvalue weighted by Gasteiger charge is 2.19. The summed E-state index contributed by atoms with van der Waals surface area (Å²) in [6.07, 6.45) is 3.49. The molecule has 3 rings (SSSR count). The fraction of sp³-hybridized carbons (Fsp3) is 0.600. The highest BCUT2D eigenvalue weighted by atomic mass is 16.5. The van der Waals surface area contributed by atoms with Crippen LogP contribution in [0, 0.1) is 0 Å². The summed E-state index contributed by atoms with van der Waals surface area (Å²) in [6.45, 7) is 3.55. The molecule has 2 unspecified atom stereocenters. The van der Waals surface area contributed by atoms with Gasteiger partial charge in [-0.05, 0) is 25.0 Å². The zero-order valence-corrected chi connectivity index (χ0v) is 11.3. The fourth-order valence-electron chi connectivity index (χ4n) is 2.80. The van der Waals surface area contributed by atoms with Gasteiger partial charge >= 0.3 is 0 Å². The van der Waals surface area contributed by atoms with Crippen molar-refractivity contribution in [1.82, 2.24) is 0 Å². The van der Waals surface area contributed by atoms with Crippen LogP contribution in [0.15, 0.2) is 24.3 Å². The first kappa shape index (κ1) is 12.8. The van der Waals surface area contributed by atoms with Gasteiger partial charge in [0.25, 0.3) is 0 Å². The summed E-state index contributed by atoms with van der Waals surface area (Å²) >= 11 is 0. The third kappa shape index (κ3) is 3.19. The molecule has 1 aromatic rings. The topological polar surface area (TPSA) is 47.7 Å². The Bertz CT molecular complexity index is 418. The number of nitrogens with two attached hydrogens (primary N) is 1. The summed E-state index contributed by atoms with van der Waals surface area (Å²) in [6, 6.07) is 8.63. The van der Waals surface area contributed by atoms with Gasteiger partial charge in [-0.25, -0.2) is 0 Å². The van der Waals surface area contributed by atoms with Crippen molar-refractivity contribution < 1.29 is 9.47 Å². The lowest BCUT2D eigenvalue weighted by Crippen LogP contribution is -2.42. The van der Waals surface area contributed by atoms with Gasteiger partial charge in [0.05, 0.1) is 13.2 Å². The van der Waals surface area contributed by atoms with Gasteiger partial charge in [0, 0.05) is 37.3 Å². The summed E-state index contributed by atoms with van der Waals surface area (Å²) in [4.78, 5) is 2.35. The average molecular weight is 262 g/mol. The van der Waals surface area contributed by atoms with E-state index in [4.69, 9.17) is 15.2 Å². The second-order valence-electron chi connectivity index (χ2n) is 5.45. The minimum atomic E-state index is 0.207. The quantitative estimate of drug-likeness (QED) is 0.902. The highest BCUT2D eigenvalue weighted by molar-refractivity contribution is 5.51. The highest BCUT2D eigenvalue weighted by Crippen LogP contribution is 2.25. The van der Waals surface area contributed by atoms with Crippen LogP contribution in [0.3, 0.4) is 0 Å². The largest absolute Gasteiger partial charge is 0.488 e. The molecule has 0 amide bonds. The molecule has 2 N–H and O–H groups in total. The van der Waals surface area contributed by atoms with E-state index >= 15 is 0 Å². The zero-order valence-electron chi connectivity index (χ0n) is 11.3. The smallest absolute Gasteiger partial charge is 0.124 e. The van der Waals surface area contributed by atoms with Crippen molar-refractivity contribution in [3.8, 4) is 5.75 Å². The van der Waals surface area contributed by atoms with Crippen LogP contribution in [0.25, 0.3) is 0 Å². The Kier molecular flexibility index (Phi) is 3.89. The first-order valence-electron chi connectivity index (χ1n) is 7.16. The maximum Gasteiger partial charge on any atom is 0.124 e. The van der Waals surface area contributed by atoms with Gasteiger partial charge in [0.2, 0.25) is 0 Å². The predicted octanol–water partition coefficient (Wildman–Crippen LogP) is 1.78. The lowest BCUT2D eigenvalue weighted by Gasteiger charge is -2.32. The molecular weight excluding hydrogens is 240 g/mol. The second-order valence-corrected chi connectivity index (χ2v) is 5.45. The lowest BCUT2D eigenvalue weighted by molar-refractivity contribution is 0.141. The van der Waals surface area contributed by atoms with Crippen LogP contribution >= 0.6 is 0 Å². The van der Waals surface area contributed by atoms with Gasteiger partial charge in [-0.15, -0.1) is 0 Å². The number of nitrogens with zero attached hydrogens (tertiary/aromatic N) is 1. The molecule has 0 bridgehead atoms. The molecular formula is C15H22N2O2. The molecule has 0 spiro atoms. The van der Waals surface area contributed by atoms with E-state index < -0.39 is 0 Å². The summed E-state index contributed by atoms with van der Waals surface area (Å²) in [5.74, 6) is 0.937. The number of ether oxygens (including phenoxy) is 2. The number of hydrogen-bond donors (Lipinski definition) is 1. The van der Waals surface area contributed by atoms with Crippen molar-refractivity contribution in [3.05, 3.63) is 24.3 Å². The first-order chi connectivity index (χ1) is 9.31. The third-order valence-electron chi connectivity index (χ3n) is 3.83. The van der Waals surface area contributed by atoms with E-state index in [1.54, 1.807) is 0 Å². The van der Waals surface area contributed by atoms with Gasteiger partial charge in [0.1, 0.15) is 11.9 Å². The SMILES string of the molecule is NC1CCCN(c2cccc(OC3CCOC3)c2)C1. The number of piperidine rings is 1. The summed E-state index contributed by atoms with van der Waals surface area (Å²) in [5.41, 5.74) is 7.26. The number of anilines is 1. The predicted molar refractivity (Wildman–Crippen MR) is 75.7 cm³/mol. The number of benzene rings is 1. The first-order valence-corrected chi connectivity index (χ1v) is 7.16. The Morgan fingerprint density at radius 3 is 3.05 bits per heavy atom. The van der Waals surface area contributed by atoms with E-state index in [0.717, 1.165) is 38.3 Å². The molecule has 104 valence electrons.